The molecule has 106 valence electrons. The van der Waals surface area contributed by atoms with Gasteiger partial charge in [-0.2, -0.15) is 5.26 Å². The second-order valence-corrected chi connectivity index (χ2v) is 4.84. The molecule has 1 amide bonds. The lowest BCUT2D eigenvalue weighted by atomic mass is 9.82. The summed E-state index contributed by atoms with van der Waals surface area (Å²) in [6.45, 7) is 1.82. The molecule has 0 saturated heterocycles. The molecule has 2 aliphatic rings. The lowest BCUT2D eigenvalue weighted by Gasteiger charge is -2.27. The third kappa shape index (κ3) is 2.03. The molecule has 0 fully saturated rings. The molecule has 0 saturated carbocycles. The first-order chi connectivity index (χ1) is 10.2. The molecule has 0 bridgehead atoms. The van der Waals surface area contributed by atoms with Crippen molar-refractivity contribution in [2.24, 2.45) is 11.1 Å². The Hall–Kier alpha value is -2.81. The van der Waals surface area contributed by atoms with Crippen molar-refractivity contribution in [3.8, 4) is 11.8 Å². The van der Waals surface area contributed by atoms with Gasteiger partial charge in [0.1, 0.15) is 17.4 Å². The number of fused-ring (bicyclic) bond motifs is 1. The summed E-state index contributed by atoms with van der Waals surface area (Å²) in [5.41, 5.74) is 2.27. The molecule has 0 spiro atoms. The largest absolute Gasteiger partial charge is 0.497 e. The predicted octanol–water partition coefficient (Wildman–Crippen LogP) is 1.45. The zero-order valence-electron chi connectivity index (χ0n) is 11.6. The van der Waals surface area contributed by atoms with Crippen LogP contribution in [0.1, 0.15) is 12.5 Å². The first kappa shape index (κ1) is 13.2. The number of benzene rings is 1. The molecule has 6 nitrogen and oxygen atoms in total. The Kier molecular flexibility index (Phi) is 3.10. The van der Waals surface area contributed by atoms with E-state index in [0.717, 1.165) is 11.3 Å². The molecular formula is C15H13N3O3. The minimum Gasteiger partial charge on any atom is -0.497 e. The molecule has 0 aromatic heterocycles. The van der Waals surface area contributed by atoms with Gasteiger partial charge in [0.2, 0.25) is 6.23 Å². The Morgan fingerprint density at radius 1 is 1.38 bits per heavy atom. The van der Waals surface area contributed by atoms with E-state index in [9.17, 15) is 10.1 Å². The van der Waals surface area contributed by atoms with Gasteiger partial charge in [0, 0.05) is 0 Å². The molecule has 21 heavy (non-hydrogen) atoms. The van der Waals surface area contributed by atoms with Gasteiger partial charge in [0.15, 0.2) is 0 Å². The van der Waals surface area contributed by atoms with Crippen molar-refractivity contribution in [3.05, 3.63) is 35.4 Å². The quantitative estimate of drug-likeness (QED) is 0.890. The zero-order valence-corrected chi connectivity index (χ0v) is 11.6. The maximum Gasteiger partial charge on any atom is 0.265 e. The summed E-state index contributed by atoms with van der Waals surface area (Å²) in [6.07, 6.45) is -0.549. The van der Waals surface area contributed by atoms with Gasteiger partial charge < -0.3 is 14.9 Å². The highest BCUT2D eigenvalue weighted by Crippen LogP contribution is 2.37. The Labute approximate surface area is 121 Å². The van der Waals surface area contributed by atoms with E-state index in [0.29, 0.717) is 11.3 Å². The van der Waals surface area contributed by atoms with Gasteiger partial charge in [-0.3, -0.25) is 4.79 Å². The van der Waals surface area contributed by atoms with Crippen molar-refractivity contribution in [1.82, 2.24) is 5.32 Å². The molecule has 0 aliphatic carbocycles. The summed E-state index contributed by atoms with van der Waals surface area (Å²) >= 11 is 0. The topological polar surface area (TPSA) is 83.7 Å². The van der Waals surface area contributed by atoms with E-state index in [1.807, 2.05) is 25.1 Å². The van der Waals surface area contributed by atoms with E-state index in [1.165, 1.54) is 0 Å². The van der Waals surface area contributed by atoms with Crippen LogP contribution >= 0.6 is 0 Å². The number of oxime groups is 1. The van der Waals surface area contributed by atoms with Crippen LogP contribution in [-0.2, 0) is 9.63 Å². The first-order valence-corrected chi connectivity index (χ1v) is 6.45. The fourth-order valence-electron chi connectivity index (χ4n) is 2.63. The Morgan fingerprint density at radius 3 is 2.71 bits per heavy atom. The van der Waals surface area contributed by atoms with Crippen LogP contribution in [0.15, 0.2) is 35.0 Å². The third-order valence-electron chi connectivity index (χ3n) is 3.66. The van der Waals surface area contributed by atoms with Gasteiger partial charge in [-0.15, -0.1) is 0 Å². The van der Waals surface area contributed by atoms with Crippen molar-refractivity contribution >= 4 is 17.2 Å². The summed E-state index contributed by atoms with van der Waals surface area (Å²) in [6, 6.07) is 9.23. The highest BCUT2D eigenvalue weighted by Gasteiger charge is 2.43. The summed E-state index contributed by atoms with van der Waals surface area (Å²) in [7, 11) is 1.58. The van der Waals surface area contributed by atoms with E-state index < -0.39 is 12.1 Å². The van der Waals surface area contributed by atoms with Crippen LogP contribution in [0.5, 0.6) is 5.75 Å². The van der Waals surface area contributed by atoms with Crippen molar-refractivity contribution in [3.63, 3.8) is 0 Å². The van der Waals surface area contributed by atoms with Crippen LogP contribution < -0.4 is 10.1 Å². The molecule has 1 aromatic rings. The smallest absolute Gasteiger partial charge is 0.265 e. The van der Waals surface area contributed by atoms with Crippen LogP contribution in [0.3, 0.4) is 0 Å². The minimum atomic E-state index is -0.549. The van der Waals surface area contributed by atoms with E-state index in [-0.39, 0.29) is 11.5 Å². The Balaban J connectivity index is 2.15. The van der Waals surface area contributed by atoms with Gasteiger partial charge in [-0.1, -0.05) is 17.3 Å². The lowest BCUT2D eigenvalue weighted by molar-refractivity contribution is -0.121. The highest BCUT2D eigenvalue weighted by atomic mass is 16.7. The van der Waals surface area contributed by atoms with E-state index in [4.69, 9.17) is 9.57 Å². The molecule has 0 radical (unpaired) electrons. The number of ether oxygens (including phenoxy) is 1. The third-order valence-corrected chi connectivity index (χ3v) is 3.66. The number of rotatable bonds is 2. The van der Waals surface area contributed by atoms with E-state index in [2.05, 4.69) is 10.5 Å². The number of carbonyl (C=O) groups is 1. The van der Waals surface area contributed by atoms with E-state index in [1.54, 1.807) is 19.2 Å². The molecule has 6 heteroatoms. The average molecular weight is 283 g/mol. The average Bonchev–Trinajstić information content (AvgIpc) is 2.87. The predicted molar refractivity (Wildman–Crippen MR) is 75.1 cm³/mol. The van der Waals surface area contributed by atoms with Gasteiger partial charge in [-0.25, -0.2) is 0 Å². The van der Waals surface area contributed by atoms with Crippen molar-refractivity contribution in [2.45, 2.75) is 13.2 Å². The van der Waals surface area contributed by atoms with Gasteiger partial charge in [0.25, 0.3) is 5.91 Å². The van der Waals surface area contributed by atoms with Crippen molar-refractivity contribution < 1.29 is 14.4 Å². The van der Waals surface area contributed by atoms with Gasteiger partial charge in [0.05, 0.1) is 18.7 Å². The standard InChI is InChI=1S/C15H13N3O3/c1-8-12-13(9-3-5-10(20-2)6-4-9)11(7-16)14(19)17-15(12)21-18-8/h3-6,12,15H,1-2H3,(H,17,19). The number of carbonyl (C=O) groups excluding carboxylic acids is 1. The maximum atomic E-state index is 12.0. The first-order valence-electron chi connectivity index (χ1n) is 6.45. The summed E-state index contributed by atoms with van der Waals surface area (Å²) in [5, 5.41) is 15.9. The molecular weight excluding hydrogens is 270 g/mol. The number of nitrogens with one attached hydrogen (secondary N) is 1. The Bertz CT molecular complexity index is 698. The monoisotopic (exact) mass is 283 g/mol. The second kappa shape index (κ2) is 4.94. The fourth-order valence-corrected chi connectivity index (χ4v) is 2.63. The van der Waals surface area contributed by atoms with Gasteiger partial charge in [-0.05, 0) is 30.2 Å². The number of methoxy groups -OCH3 is 1. The fraction of sp³-hybridized carbons (Fsp3) is 0.267. The maximum absolute atomic E-state index is 12.0. The molecule has 3 rings (SSSR count). The van der Waals surface area contributed by atoms with Gasteiger partial charge >= 0.3 is 0 Å². The van der Waals surface area contributed by atoms with Crippen molar-refractivity contribution in [1.29, 1.82) is 5.26 Å². The van der Waals surface area contributed by atoms with Crippen molar-refractivity contribution in [2.75, 3.05) is 7.11 Å². The number of nitriles is 1. The van der Waals surface area contributed by atoms with Crippen LogP contribution in [0.4, 0.5) is 0 Å². The second-order valence-electron chi connectivity index (χ2n) is 4.84. The normalized spacial score (nSPS) is 23.7. The number of nitrogens with zero attached hydrogens (tertiary/aromatic N) is 2. The van der Waals surface area contributed by atoms with Crippen LogP contribution in [-0.4, -0.2) is 25.0 Å². The molecule has 2 heterocycles. The Morgan fingerprint density at radius 2 is 2.10 bits per heavy atom. The molecule has 1 N–H and O–H groups in total. The highest BCUT2D eigenvalue weighted by molar-refractivity contribution is 6.12. The van der Waals surface area contributed by atoms with Crippen LogP contribution in [0.25, 0.3) is 5.57 Å². The van der Waals surface area contributed by atoms with Crippen LogP contribution in [0, 0.1) is 17.2 Å². The lowest BCUT2D eigenvalue weighted by Crippen LogP contribution is -2.46. The zero-order chi connectivity index (χ0) is 15.0. The summed E-state index contributed by atoms with van der Waals surface area (Å²) in [4.78, 5) is 17.3. The molecule has 2 aliphatic heterocycles. The minimum absolute atomic E-state index is 0.0986. The van der Waals surface area contributed by atoms with Crippen LogP contribution in [0.2, 0.25) is 0 Å². The number of hydrogen-bond donors (Lipinski definition) is 1. The van der Waals surface area contributed by atoms with E-state index >= 15 is 0 Å². The summed E-state index contributed by atoms with van der Waals surface area (Å²) < 4.78 is 5.13. The SMILES string of the molecule is COc1ccc(C2=C(C#N)C(=O)NC3ON=C(C)C23)cc1. The molecule has 2 atom stereocenters. The summed E-state index contributed by atoms with van der Waals surface area (Å²) in [5.74, 6) is 0.0305. The molecule has 1 aromatic carbocycles. The molecule has 2 unspecified atom stereocenters. The number of amides is 1. The number of hydrogen-bond acceptors (Lipinski definition) is 5.